The Balaban J connectivity index is 1.81. The molecule has 1 aliphatic rings. The van der Waals surface area contributed by atoms with Gasteiger partial charge in [-0.3, -0.25) is 4.79 Å². The van der Waals surface area contributed by atoms with Crippen LogP contribution >= 0.6 is 0 Å². The summed E-state index contributed by atoms with van der Waals surface area (Å²) in [7, 11) is 0. The zero-order valence-electron chi connectivity index (χ0n) is 11.8. The molecule has 0 aliphatic carbocycles. The van der Waals surface area contributed by atoms with E-state index in [4.69, 9.17) is 0 Å². The summed E-state index contributed by atoms with van der Waals surface area (Å²) in [5, 5.41) is 8.60. The van der Waals surface area contributed by atoms with Crippen LogP contribution in [-0.4, -0.2) is 24.1 Å². The van der Waals surface area contributed by atoms with Gasteiger partial charge in [0.05, 0.1) is 0 Å². The van der Waals surface area contributed by atoms with Crippen molar-refractivity contribution in [2.24, 2.45) is 5.92 Å². The second-order valence-electron chi connectivity index (χ2n) is 5.64. The molecule has 3 N–H and O–H groups in total. The number of aromatic nitrogens is 1. The molecule has 2 aromatic rings. The van der Waals surface area contributed by atoms with Gasteiger partial charge in [0.2, 0.25) is 0 Å². The van der Waals surface area contributed by atoms with E-state index in [1.54, 1.807) is 0 Å². The molecule has 0 spiro atoms. The SMILES string of the molecule is CC(Nc1cc2ccccc2c(=O)[nH]1)C1CCCNC1. The number of aromatic amines is 1. The topological polar surface area (TPSA) is 56.9 Å². The maximum absolute atomic E-state index is 12.0. The van der Waals surface area contributed by atoms with Gasteiger partial charge in [-0.1, -0.05) is 18.2 Å². The maximum atomic E-state index is 12.0. The number of anilines is 1. The van der Waals surface area contributed by atoms with E-state index in [1.807, 2.05) is 30.3 Å². The number of H-pyrrole nitrogens is 1. The fourth-order valence-corrected chi connectivity index (χ4v) is 2.96. The Labute approximate surface area is 118 Å². The van der Waals surface area contributed by atoms with Crippen molar-refractivity contribution in [3.05, 3.63) is 40.7 Å². The third-order valence-electron chi connectivity index (χ3n) is 4.18. The lowest BCUT2D eigenvalue weighted by Gasteiger charge is -2.29. The maximum Gasteiger partial charge on any atom is 0.257 e. The molecule has 2 unspecified atom stereocenters. The molecule has 1 saturated heterocycles. The van der Waals surface area contributed by atoms with Gasteiger partial charge >= 0.3 is 0 Å². The number of piperidine rings is 1. The lowest BCUT2D eigenvalue weighted by molar-refractivity contribution is 0.346. The van der Waals surface area contributed by atoms with E-state index in [0.29, 0.717) is 12.0 Å². The second-order valence-corrected chi connectivity index (χ2v) is 5.64. The van der Waals surface area contributed by atoms with Gasteiger partial charge in [-0.15, -0.1) is 0 Å². The molecule has 0 radical (unpaired) electrons. The van der Waals surface area contributed by atoms with Crippen LogP contribution in [0.25, 0.3) is 10.8 Å². The summed E-state index contributed by atoms with van der Waals surface area (Å²) in [4.78, 5) is 15.0. The quantitative estimate of drug-likeness (QED) is 0.803. The van der Waals surface area contributed by atoms with Crippen molar-refractivity contribution in [2.45, 2.75) is 25.8 Å². The Morgan fingerprint density at radius 3 is 3.00 bits per heavy atom. The summed E-state index contributed by atoms with van der Waals surface area (Å²) in [6, 6.07) is 10.0. The van der Waals surface area contributed by atoms with E-state index in [1.165, 1.54) is 12.8 Å². The molecular weight excluding hydrogens is 250 g/mol. The highest BCUT2D eigenvalue weighted by Gasteiger charge is 2.19. The monoisotopic (exact) mass is 271 g/mol. The zero-order chi connectivity index (χ0) is 13.9. The molecule has 2 heterocycles. The Morgan fingerprint density at radius 2 is 2.20 bits per heavy atom. The minimum atomic E-state index is -0.0282. The summed E-state index contributed by atoms with van der Waals surface area (Å²) in [5.41, 5.74) is -0.0282. The first-order valence-electron chi connectivity index (χ1n) is 7.33. The fourth-order valence-electron chi connectivity index (χ4n) is 2.96. The number of hydrogen-bond donors (Lipinski definition) is 3. The molecule has 2 atom stereocenters. The summed E-state index contributed by atoms with van der Waals surface area (Å²) in [5.74, 6) is 1.42. The number of benzene rings is 1. The van der Waals surface area contributed by atoms with Crippen molar-refractivity contribution in [1.82, 2.24) is 10.3 Å². The molecule has 1 fully saturated rings. The van der Waals surface area contributed by atoms with E-state index >= 15 is 0 Å². The third kappa shape index (κ3) is 2.70. The minimum Gasteiger partial charge on any atom is -0.369 e. The number of fused-ring (bicyclic) bond motifs is 1. The van der Waals surface area contributed by atoms with E-state index < -0.39 is 0 Å². The normalized spacial score (nSPS) is 20.8. The predicted molar refractivity (Wildman–Crippen MR) is 83.2 cm³/mol. The fraction of sp³-hybridized carbons (Fsp3) is 0.438. The summed E-state index contributed by atoms with van der Waals surface area (Å²) >= 11 is 0. The van der Waals surface area contributed by atoms with Crippen LogP contribution in [0, 0.1) is 5.92 Å². The molecule has 20 heavy (non-hydrogen) atoms. The molecule has 4 heteroatoms. The van der Waals surface area contributed by atoms with Crippen LogP contribution in [0.4, 0.5) is 5.82 Å². The van der Waals surface area contributed by atoms with Crippen LogP contribution in [0.5, 0.6) is 0 Å². The summed E-state index contributed by atoms with van der Waals surface area (Å²) in [6.07, 6.45) is 2.46. The first kappa shape index (κ1) is 13.2. The van der Waals surface area contributed by atoms with Crippen LogP contribution in [0.2, 0.25) is 0 Å². The van der Waals surface area contributed by atoms with E-state index in [2.05, 4.69) is 22.5 Å². The Kier molecular flexibility index (Phi) is 3.74. The molecule has 106 valence electrons. The Bertz CT molecular complexity index is 643. The highest BCUT2D eigenvalue weighted by molar-refractivity contribution is 5.83. The Hall–Kier alpha value is -1.81. The number of rotatable bonds is 3. The van der Waals surface area contributed by atoms with E-state index in [9.17, 15) is 4.79 Å². The molecule has 0 bridgehead atoms. The van der Waals surface area contributed by atoms with Gasteiger partial charge in [-0.2, -0.15) is 0 Å². The van der Waals surface area contributed by atoms with Crippen molar-refractivity contribution in [2.75, 3.05) is 18.4 Å². The van der Waals surface area contributed by atoms with E-state index in [-0.39, 0.29) is 5.56 Å². The van der Waals surface area contributed by atoms with Gasteiger partial charge < -0.3 is 15.6 Å². The smallest absolute Gasteiger partial charge is 0.257 e. The number of nitrogens with one attached hydrogen (secondary N) is 3. The highest BCUT2D eigenvalue weighted by atomic mass is 16.1. The largest absolute Gasteiger partial charge is 0.369 e. The molecule has 0 saturated carbocycles. The molecule has 1 aliphatic heterocycles. The van der Waals surface area contributed by atoms with Crippen molar-refractivity contribution in [3.8, 4) is 0 Å². The lowest BCUT2D eigenvalue weighted by atomic mass is 9.93. The van der Waals surface area contributed by atoms with Crippen molar-refractivity contribution in [1.29, 1.82) is 0 Å². The Morgan fingerprint density at radius 1 is 1.35 bits per heavy atom. The molecule has 1 aromatic carbocycles. The molecule has 1 aromatic heterocycles. The van der Waals surface area contributed by atoms with Crippen molar-refractivity contribution in [3.63, 3.8) is 0 Å². The summed E-state index contributed by atoms with van der Waals surface area (Å²) < 4.78 is 0. The van der Waals surface area contributed by atoms with E-state index in [0.717, 1.165) is 29.7 Å². The van der Waals surface area contributed by atoms with Crippen LogP contribution < -0.4 is 16.2 Å². The number of pyridine rings is 1. The van der Waals surface area contributed by atoms with Gasteiger partial charge in [-0.25, -0.2) is 0 Å². The van der Waals surface area contributed by atoms with Gasteiger partial charge in [0.1, 0.15) is 5.82 Å². The zero-order valence-corrected chi connectivity index (χ0v) is 11.8. The molecule has 0 amide bonds. The standard InChI is InChI=1S/C16H21N3O/c1-11(13-6-4-8-17-10-13)18-15-9-12-5-2-3-7-14(12)16(20)19-15/h2-3,5,7,9,11,13,17H,4,6,8,10H2,1H3,(H2,18,19,20). The predicted octanol–water partition coefficient (Wildman–Crippen LogP) is 2.33. The number of hydrogen-bond acceptors (Lipinski definition) is 3. The van der Waals surface area contributed by atoms with Crippen LogP contribution in [-0.2, 0) is 0 Å². The van der Waals surface area contributed by atoms with Gasteiger partial charge in [-0.05, 0) is 56.3 Å². The first-order chi connectivity index (χ1) is 9.74. The van der Waals surface area contributed by atoms with Gasteiger partial charge in [0.25, 0.3) is 5.56 Å². The van der Waals surface area contributed by atoms with Crippen LogP contribution in [0.1, 0.15) is 19.8 Å². The average molecular weight is 271 g/mol. The van der Waals surface area contributed by atoms with Gasteiger partial charge in [0, 0.05) is 11.4 Å². The van der Waals surface area contributed by atoms with Crippen molar-refractivity contribution < 1.29 is 0 Å². The average Bonchev–Trinajstić information content (AvgIpc) is 2.48. The minimum absolute atomic E-state index is 0.0282. The van der Waals surface area contributed by atoms with Gasteiger partial charge in [0.15, 0.2) is 0 Å². The molecule has 4 nitrogen and oxygen atoms in total. The molecular formula is C16H21N3O. The summed E-state index contributed by atoms with van der Waals surface area (Å²) in [6.45, 7) is 4.35. The third-order valence-corrected chi connectivity index (χ3v) is 4.18. The highest BCUT2D eigenvalue weighted by Crippen LogP contribution is 2.19. The lowest BCUT2D eigenvalue weighted by Crippen LogP contribution is -2.39. The van der Waals surface area contributed by atoms with Crippen LogP contribution in [0.3, 0.4) is 0 Å². The first-order valence-corrected chi connectivity index (χ1v) is 7.33. The van der Waals surface area contributed by atoms with Crippen LogP contribution in [0.15, 0.2) is 35.1 Å². The van der Waals surface area contributed by atoms with Crippen molar-refractivity contribution >= 4 is 16.6 Å². The molecule has 3 rings (SSSR count). The second kappa shape index (κ2) is 5.67.